The van der Waals surface area contributed by atoms with Gasteiger partial charge < -0.3 is 10.5 Å². The second-order valence-electron chi connectivity index (χ2n) is 3.35. The molecule has 0 saturated carbocycles. The number of alkyl halides is 2. The Morgan fingerprint density at radius 2 is 2.33 bits per heavy atom. The summed E-state index contributed by atoms with van der Waals surface area (Å²) in [6.07, 6.45) is -2.04. The molecule has 0 radical (unpaired) electrons. The van der Waals surface area contributed by atoms with Gasteiger partial charge in [-0.25, -0.2) is 8.78 Å². The van der Waals surface area contributed by atoms with Crippen LogP contribution in [0.25, 0.3) is 0 Å². The van der Waals surface area contributed by atoms with Crippen LogP contribution in [-0.4, -0.2) is 17.6 Å². The normalized spacial score (nSPS) is 10.2. The molecule has 5 nitrogen and oxygen atoms in total. The summed E-state index contributed by atoms with van der Waals surface area (Å²) in [4.78, 5) is 14.7. The fraction of sp³-hybridized carbons (Fsp3) is 0.364. The quantitative estimate of drug-likeness (QED) is 0.825. The van der Waals surface area contributed by atoms with E-state index in [4.69, 9.17) is 15.7 Å². The molecule has 0 amide bonds. The lowest BCUT2D eigenvalue weighted by atomic mass is 10.0. The van der Waals surface area contributed by atoms with Crippen LogP contribution in [0.3, 0.4) is 0 Å². The van der Waals surface area contributed by atoms with E-state index in [0.29, 0.717) is 0 Å². The van der Waals surface area contributed by atoms with Gasteiger partial charge in [0, 0.05) is 11.8 Å². The summed E-state index contributed by atoms with van der Waals surface area (Å²) >= 11 is 0. The molecule has 0 spiro atoms. The zero-order valence-corrected chi connectivity index (χ0v) is 9.61. The average molecular weight is 255 g/mol. The number of hydrogen-bond donors (Lipinski definition) is 1. The van der Waals surface area contributed by atoms with Gasteiger partial charge in [0.2, 0.25) is 0 Å². The average Bonchev–Trinajstić information content (AvgIpc) is 2.29. The number of pyridine rings is 1. The van der Waals surface area contributed by atoms with Crippen molar-refractivity contribution in [2.45, 2.75) is 19.8 Å². The Morgan fingerprint density at radius 3 is 2.83 bits per heavy atom. The topological polar surface area (TPSA) is 89.0 Å². The second-order valence-corrected chi connectivity index (χ2v) is 3.35. The van der Waals surface area contributed by atoms with E-state index in [1.165, 1.54) is 0 Å². The number of nitriles is 1. The molecule has 1 heterocycles. The first-order chi connectivity index (χ1) is 8.51. The third-order valence-electron chi connectivity index (χ3n) is 2.18. The van der Waals surface area contributed by atoms with Gasteiger partial charge in [-0.1, -0.05) is 0 Å². The molecular weight excluding hydrogens is 244 g/mol. The Bertz CT molecular complexity index is 498. The smallest absolute Gasteiger partial charge is 0.310 e. The van der Waals surface area contributed by atoms with Crippen LogP contribution in [0.5, 0.6) is 0 Å². The van der Waals surface area contributed by atoms with Crippen LogP contribution in [0.2, 0.25) is 0 Å². The third-order valence-corrected chi connectivity index (χ3v) is 2.18. The molecule has 2 N–H and O–H groups in total. The minimum Gasteiger partial charge on any atom is -0.466 e. The summed E-state index contributed by atoms with van der Waals surface area (Å²) in [6, 6.07) is 1.70. The highest BCUT2D eigenvalue weighted by Crippen LogP contribution is 2.27. The fourth-order valence-electron chi connectivity index (χ4n) is 1.39. The Hall–Kier alpha value is -2.23. The lowest BCUT2D eigenvalue weighted by Gasteiger charge is -2.09. The summed E-state index contributed by atoms with van der Waals surface area (Å²) in [5.74, 6) is -0.569. The van der Waals surface area contributed by atoms with Gasteiger partial charge in [-0.05, 0) is 6.92 Å². The molecule has 0 atom stereocenters. The molecule has 0 bridgehead atoms. The van der Waals surface area contributed by atoms with E-state index >= 15 is 0 Å². The lowest BCUT2D eigenvalue weighted by Crippen LogP contribution is -2.11. The first-order valence-corrected chi connectivity index (χ1v) is 5.12. The van der Waals surface area contributed by atoms with Crippen molar-refractivity contribution >= 4 is 11.7 Å². The molecule has 0 aliphatic carbocycles. The van der Waals surface area contributed by atoms with E-state index in [-0.39, 0.29) is 24.2 Å². The lowest BCUT2D eigenvalue weighted by molar-refractivity contribution is -0.142. The number of carbonyl (C=O) groups excluding carboxylic acids is 1. The van der Waals surface area contributed by atoms with Crippen LogP contribution in [0.4, 0.5) is 14.5 Å². The number of nitrogens with two attached hydrogens (primary N) is 1. The predicted molar refractivity (Wildman–Crippen MR) is 58.7 cm³/mol. The Labute approximate surface area is 102 Å². The maximum atomic E-state index is 12.5. The number of anilines is 1. The number of esters is 1. The number of nitrogen functional groups attached to an aromatic ring is 1. The zero-order valence-electron chi connectivity index (χ0n) is 9.61. The minimum atomic E-state index is -2.87. The van der Waals surface area contributed by atoms with E-state index in [1.807, 2.05) is 0 Å². The van der Waals surface area contributed by atoms with Crippen molar-refractivity contribution in [2.75, 3.05) is 12.3 Å². The van der Waals surface area contributed by atoms with Gasteiger partial charge in [-0.2, -0.15) is 5.26 Å². The van der Waals surface area contributed by atoms with Crippen molar-refractivity contribution in [3.63, 3.8) is 0 Å². The molecule has 96 valence electrons. The Morgan fingerprint density at radius 1 is 1.67 bits per heavy atom. The van der Waals surface area contributed by atoms with Crippen molar-refractivity contribution in [2.24, 2.45) is 0 Å². The van der Waals surface area contributed by atoms with Gasteiger partial charge >= 0.3 is 5.97 Å². The SMILES string of the molecule is CCOC(=O)Cc1cnc(C(F)F)c(N)c1C#N. The standard InChI is InChI=1S/C11H11F2N3O2/c1-2-18-8(17)3-6-5-16-10(11(12)13)9(15)7(6)4-14/h5,11H,2-3,15H2,1H3. The monoisotopic (exact) mass is 255 g/mol. The van der Waals surface area contributed by atoms with E-state index < -0.39 is 23.8 Å². The van der Waals surface area contributed by atoms with Crippen molar-refractivity contribution in [1.29, 1.82) is 5.26 Å². The molecule has 0 aliphatic heterocycles. The second kappa shape index (κ2) is 5.91. The van der Waals surface area contributed by atoms with Gasteiger partial charge in [0.25, 0.3) is 6.43 Å². The van der Waals surface area contributed by atoms with Gasteiger partial charge in [0.15, 0.2) is 0 Å². The van der Waals surface area contributed by atoms with Crippen LogP contribution >= 0.6 is 0 Å². The van der Waals surface area contributed by atoms with Crippen LogP contribution in [0.1, 0.15) is 30.2 Å². The highest BCUT2D eigenvalue weighted by atomic mass is 19.3. The van der Waals surface area contributed by atoms with Crippen molar-refractivity contribution in [1.82, 2.24) is 4.98 Å². The summed E-state index contributed by atoms with van der Waals surface area (Å²) in [5.41, 5.74) is 4.40. The summed E-state index contributed by atoms with van der Waals surface area (Å²) in [5, 5.41) is 8.89. The van der Waals surface area contributed by atoms with Crippen LogP contribution < -0.4 is 5.73 Å². The Kier molecular flexibility index (Phi) is 4.54. The van der Waals surface area contributed by atoms with Crippen LogP contribution in [0.15, 0.2) is 6.20 Å². The van der Waals surface area contributed by atoms with E-state index in [1.54, 1.807) is 13.0 Å². The highest BCUT2D eigenvalue weighted by molar-refractivity contribution is 5.75. The number of aromatic nitrogens is 1. The van der Waals surface area contributed by atoms with E-state index in [0.717, 1.165) is 6.20 Å². The van der Waals surface area contributed by atoms with Gasteiger partial charge in [-0.15, -0.1) is 0 Å². The number of halogens is 2. The molecular formula is C11H11F2N3O2. The molecule has 7 heteroatoms. The number of hydrogen-bond acceptors (Lipinski definition) is 5. The summed E-state index contributed by atoms with van der Waals surface area (Å²) in [7, 11) is 0. The first kappa shape index (κ1) is 13.8. The molecule has 0 aromatic carbocycles. The molecule has 1 aromatic rings. The van der Waals surface area contributed by atoms with Crippen molar-refractivity contribution in [3.05, 3.63) is 23.0 Å². The maximum absolute atomic E-state index is 12.5. The maximum Gasteiger partial charge on any atom is 0.310 e. The number of rotatable bonds is 4. The van der Waals surface area contributed by atoms with E-state index in [2.05, 4.69) is 4.98 Å². The fourth-order valence-corrected chi connectivity index (χ4v) is 1.39. The molecule has 18 heavy (non-hydrogen) atoms. The molecule has 0 fully saturated rings. The minimum absolute atomic E-state index is 0.159. The van der Waals surface area contributed by atoms with Crippen molar-refractivity contribution in [3.8, 4) is 6.07 Å². The first-order valence-electron chi connectivity index (χ1n) is 5.12. The Balaban J connectivity index is 3.12. The molecule has 1 aromatic heterocycles. The number of ether oxygens (including phenoxy) is 1. The highest BCUT2D eigenvalue weighted by Gasteiger charge is 2.20. The van der Waals surface area contributed by atoms with Gasteiger partial charge in [0.1, 0.15) is 11.8 Å². The molecule has 0 unspecified atom stereocenters. The molecule has 0 aliphatic rings. The largest absolute Gasteiger partial charge is 0.466 e. The predicted octanol–water partition coefficient (Wildman–Crippen LogP) is 1.58. The van der Waals surface area contributed by atoms with Gasteiger partial charge in [0.05, 0.1) is 24.3 Å². The third kappa shape index (κ3) is 2.91. The van der Waals surface area contributed by atoms with E-state index in [9.17, 15) is 13.6 Å². The summed E-state index contributed by atoms with van der Waals surface area (Å²) < 4.78 is 29.7. The number of carbonyl (C=O) groups is 1. The van der Waals surface area contributed by atoms with Crippen LogP contribution in [0, 0.1) is 11.3 Å². The summed E-state index contributed by atoms with van der Waals surface area (Å²) in [6.45, 7) is 1.83. The molecule has 1 rings (SSSR count). The zero-order chi connectivity index (χ0) is 13.7. The number of nitrogens with zero attached hydrogens (tertiary/aromatic N) is 2. The van der Waals surface area contributed by atoms with Crippen LogP contribution in [-0.2, 0) is 16.0 Å². The van der Waals surface area contributed by atoms with Gasteiger partial charge in [-0.3, -0.25) is 9.78 Å². The van der Waals surface area contributed by atoms with Crippen molar-refractivity contribution < 1.29 is 18.3 Å². The molecule has 0 saturated heterocycles.